The van der Waals surface area contributed by atoms with E-state index in [0.717, 1.165) is 118 Å². The fraction of sp³-hybridized carbons (Fsp3) is 0.0984. The van der Waals surface area contributed by atoms with Gasteiger partial charge < -0.3 is 13.4 Å². The van der Waals surface area contributed by atoms with Crippen LogP contribution < -0.4 is 0 Å². The fourth-order valence-corrected chi connectivity index (χ4v) is 10.3. The Bertz CT molecular complexity index is 3990. The van der Waals surface area contributed by atoms with Gasteiger partial charge in [-0.1, -0.05) is 153 Å². The summed E-state index contributed by atoms with van der Waals surface area (Å²) in [6.07, 6.45) is 1.55. The minimum absolute atomic E-state index is 0.748. The van der Waals surface area contributed by atoms with Crippen LogP contribution in [0.1, 0.15) is 57.2 Å². The average Bonchev–Trinajstić information content (AvgIpc) is 4.03. The largest absolute Gasteiger partial charge is 0.455 e. The number of hydrogen-bond donors (Lipinski definition) is 0. The number of benzene rings is 9. The number of nitrogens with zero attached hydrogens (tertiary/aromatic N) is 2. The SMILES string of the molecule is CC/C(C)=C(/N=C(\C(CC)=C(/C)c1cccc2c1oc1ccccc12)c1cccc2ccccc12)c1cc(-n2c3ccccc3c3cc4ccccc4cc32)cc2c1oc1ccccc12. The molecule has 0 saturated heterocycles. The van der Waals surface area contributed by atoms with Crippen molar-refractivity contribution in [2.75, 3.05) is 0 Å². The number of allylic oxidation sites excluding steroid dienone is 3. The third-order valence-corrected chi connectivity index (χ3v) is 13.6. The van der Waals surface area contributed by atoms with Gasteiger partial charge >= 0.3 is 0 Å². The smallest absolute Gasteiger partial charge is 0.144 e. The molecule has 3 aromatic heterocycles. The maximum Gasteiger partial charge on any atom is 0.144 e. The number of rotatable bonds is 8. The van der Waals surface area contributed by atoms with Gasteiger partial charge in [0.2, 0.25) is 0 Å². The van der Waals surface area contributed by atoms with Gasteiger partial charge in [-0.3, -0.25) is 0 Å². The molecule has 3 heterocycles. The molecule has 4 heteroatoms. The van der Waals surface area contributed by atoms with Crippen LogP contribution in [-0.4, -0.2) is 10.3 Å². The second-order valence-electron chi connectivity index (χ2n) is 17.2. The summed E-state index contributed by atoms with van der Waals surface area (Å²) < 4.78 is 16.1. The average molecular weight is 839 g/mol. The lowest BCUT2D eigenvalue weighted by Gasteiger charge is -2.19. The summed E-state index contributed by atoms with van der Waals surface area (Å²) >= 11 is 0. The minimum atomic E-state index is 0.748. The lowest BCUT2D eigenvalue weighted by Crippen LogP contribution is -2.09. The van der Waals surface area contributed by atoms with E-state index in [2.05, 4.69) is 208 Å². The quantitative estimate of drug-likeness (QED) is 0.143. The van der Waals surface area contributed by atoms with E-state index in [-0.39, 0.29) is 0 Å². The van der Waals surface area contributed by atoms with Gasteiger partial charge in [0.25, 0.3) is 0 Å². The van der Waals surface area contributed by atoms with Crippen molar-refractivity contribution in [3.63, 3.8) is 0 Å². The normalized spacial score (nSPS) is 13.3. The van der Waals surface area contributed by atoms with E-state index in [1.165, 1.54) is 32.5 Å². The number of aromatic nitrogens is 1. The summed E-state index contributed by atoms with van der Waals surface area (Å²) in [4.78, 5) is 6.02. The van der Waals surface area contributed by atoms with E-state index < -0.39 is 0 Å². The molecule has 0 spiro atoms. The molecule has 0 atom stereocenters. The van der Waals surface area contributed by atoms with Crippen molar-refractivity contribution in [2.24, 2.45) is 4.99 Å². The van der Waals surface area contributed by atoms with Crippen molar-refractivity contribution >= 4 is 104 Å². The Morgan fingerprint density at radius 3 is 1.75 bits per heavy atom. The Balaban J connectivity index is 1.18. The van der Waals surface area contributed by atoms with Crippen molar-refractivity contribution in [3.8, 4) is 5.69 Å². The number of furan rings is 2. The Kier molecular flexibility index (Phi) is 9.17. The first-order valence-corrected chi connectivity index (χ1v) is 22.7. The molecule has 0 amide bonds. The Morgan fingerprint density at radius 2 is 1.02 bits per heavy atom. The molecule has 0 saturated carbocycles. The standard InChI is InChI=1S/C61H46N2O2/c1-5-37(3)58(62-59(49-28-17-22-39-19-9-10-23-45(39)49)43(6-2)38(4)44-27-18-29-50-47-25-12-15-31-56(47)64-60(44)50)53-36-42(35-52-48-26-13-16-32-57(48)65-61(52)53)63-54-30-14-11-24-46(54)51-33-40-20-7-8-21-41(40)34-55(51)63/h7-36H,5-6H2,1-4H3/b43-38+,58-37+,62-59+. The van der Waals surface area contributed by atoms with Crippen LogP contribution in [0.15, 0.2) is 207 Å². The molecule has 0 radical (unpaired) electrons. The van der Waals surface area contributed by atoms with Crippen LogP contribution in [0.5, 0.6) is 0 Å². The Morgan fingerprint density at radius 1 is 0.446 bits per heavy atom. The summed E-state index contributed by atoms with van der Waals surface area (Å²) in [6.45, 7) is 8.94. The monoisotopic (exact) mass is 838 g/mol. The number of para-hydroxylation sites is 4. The van der Waals surface area contributed by atoms with Gasteiger partial charge in [-0.2, -0.15) is 0 Å². The molecule has 9 aromatic carbocycles. The molecule has 0 aliphatic rings. The van der Waals surface area contributed by atoms with Crippen LogP contribution in [0.4, 0.5) is 0 Å². The number of hydrogen-bond acceptors (Lipinski definition) is 3. The van der Waals surface area contributed by atoms with Gasteiger partial charge in [-0.15, -0.1) is 0 Å². The van der Waals surface area contributed by atoms with Crippen LogP contribution in [-0.2, 0) is 0 Å². The van der Waals surface area contributed by atoms with E-state index >= 15 is 0 Å². The van der Waals surface area contributed by atoms with Crippen molar-refractivity contribution in [2.45, 2.75) is 40.5 Å². The summed E-state index contributed by atoms with van der Waals surface area (Å²) in [7, 11) is 0. The predicted octanol–water partition coefficient (Wildman–Crippen LogP) is 17.4. The third-order valence-electron chi connectivity index (χ3n) is 13.6. The molecular formula is C61H46N2O2. The van der Waals surface area contributed by atoms with Crippen LogP contribution in [0.3, 0.4) is 0 Å². The van der Waals surface area contributed by atoms with Gasteiger partial charge in [0.1, 0.15) is 22.3 Å². The van der Waals surface area contributed by atoms with Gasteiger partial charge in [0.05, 0.1) is 22.4 Å². The molecule has 65 heavy (non-hydrogen) atoms. The van der Waals surface area contributed by atoms with Gasteiger partial charge in [0.15, 0.2) is 0 Å². The summed E-state index contributed by atoms with van der Waals surface area (Å²) in [5.74, 6) is 0. The van der Waals surface area contributed by atoms with Gasteiger partial charge in [0, 0.05) is 54.7 Å². The second kappa shape index (κ2) is 15.4. The summed E-state index contributed by atoms with van der Waals surface area (Å²) in [6, 6.07) is 65.2. The molecule has 0 aliphatic carbocycles. The molecule has 0 aliphatic heterocycles. The van der Waals surface area contributed by atoms with Crippen LogP contribution in [0, 0.1) is 0 Å². The van der Waals surface area contributed by atoms with Crippen molar-refractivity contribution in [3.05, 3.63) is 210 Å². The van der Waals surface area contributed by atoms with E-state index in [9.17, 15) is 0 Å². The van der Waals surface area contributed by atoms with Crippen molar-refractivity contribution < 1.29 is 8.83 Å². The molecule has 4 nitrogen and oxygen atoms in total. The Labute approximate surface area is 377 Å². The van der Waals surface area contributed by atoms with E-state index in [1.807, 2.05) is 6.07 Å². The topological polar surface area (TPSA) is 43.6 Å². The first kappa shape index (κ1) is 38.7. The molecule has 0 fully saturated rings. The van der Waals surface area contributed by atoms with Crippen molar-refractivity contribution in [1.82, 2.24) is 4.57 Å². The zero-order valence-electron chi connectivity index (χ0n) is 36.9. The number of aliphatic imine (C=N–C) groups is 1. The fourth-order valence-electron chi connectivity index (χ4n) is 10.3. The summed E-state index contributed by atoms with van der Waals surface area (Å²) in [5.41, 5.74) is 15.3. The van der Waals surface area contributed by atoms with E-state index in [1.54, 1.807) is 0 Å². The summed E-state index contributed by atoms with van der Waals surface area (Å²) in [5, 5.41) is 11.6. The van der Waals surface area contributed by atoms with Crippen LogP contribution in [0.25, 0.3) is 104 Å². The molecular weight excluding hydrogens is 793 g/mol. The highest BCUT2D eigenvalue weighted by Crippen LogP contribution is 2.43. The minimum Gasteiger partial charge on any atom is -0.455 e. The predicted molar refractivity (Wildman–Crippen MR) is 276 cm³/mol. The molecule has 0 bridgehead atoms. The highest BCUT2D eigenvalue weighted by Gasteiger charge is 2.24. The van der Waals surface area contributed by atoms with Gasteiger partial charge in [-0.05, 0) is 107 Å². The molecule has 12 aromatic rings. The lowest BCUT2D eigenvalue weighted by atomic mass is 9.89. The van der Waals surface area contributed by atoms with Gasteiger partial charge in [-0.25, -0.2) is 4.99 Å². The highest BCUT2D eigenvalue weighted by molar-refractivity contribution is 6.24. The molecule has 312 valence electrons. The van der Waals surface area contributed by atoms with Crippen LogP contribution >= 0.6 is 0 Å². The zero-order chi connectivity index (χ0) is 43.8. The van der Waals surface area contributed by atoms with Crippen molar-refractivity contribution in [1.29, 1.82) is 0 Å². The maximum atomic E-state index is 6.97. The Hall–Kier alpha value is -7.95. The molecule has 0 unspecified atom stereocenters. The lowest BCUT2D eigenvalue weighted by molar-refractivity contribution is 0.667. The zero-order valence-corrected chi connectivity index (χ0v) is 36.9. The highest BCUT2D eigenvalue weighted by atomic mass is 16.3. The third kappa shape index (κ3) is 6.16. The van der Waals surface area contributed by atoms with E-state index in [4.69, 9.17) is 13.8 Å². The van der Waals surface area contributed by atoms with Crippen LogP contribution in [0.2, 0.25) is 0 Å². The first-order chi connectivity index (χ1) is 32.0. The second-order valence-corrected chi connectivity index (χ2v) is 17.2. The molecule has 12 rings (SSSR count). The first-order valence-electron chi connectivity index (χ1n) is 22.7. The number of fused-ring (bicyclic) bond motifs is 11. The maximum absolute atomic E-state index is 6.97. The van der Waals surface area contributed by atoms with E-state index in [0.29, 0.717) is 0 Å². The molecule has 0 N–H and O–H groups in total.